The minimum absolute atomic E-state index is 0. The van der Waals surface area contributed by atoms with Crippen LogP contribution in [-0.4, -0.2) is 0 Å². The molecule has 0 fully saturated rings. The molecule has 0 unspecified atom stereocenters. The number of pyridine rings is 1. The minimum atomic E-state index is 0. The van der Waals surface area contributed by atoms with Crippen molar-refractivity contribution in [2.75, 3.05) is 0 Å². The van der Waals surface area contributed by atoms with Crippen LogP contribution in [0.4, 0.5) is 0 Å². The molecule has 0 aliphatic heterocycles. The van der Waals surface area contributed by atoms with Crippen molar-refractivity contribution in [3.8, 4) is 0 Å². The second-order valence-electron chi connectivity index (χ2n) is 3.71. The largest absolute Gasteiger partial charge is 1.00 e. The van der Waals surface area contributed by atoms with Gasteiger partial charge in [0.1, 0.15) is 0 Å². The highest BCUT2D eigenvalue weighted by atomic mass is 79.9. The number of nitrogens with zero attached hydrogens (tertiary/aromatic N) is 1. The van der Waals surface area contributed by atoms with Crippen LogP contribution >= 0.6 is 0 Å². The summed E-state index contributed by atoms with van der Waals surface area (Å²) in [7, 11) is 0. The molecular formula is C14H16BrN. The van der Waals surface area contributed by atoms with E-state index in [2.05, 4.69) is 67.0 Å². The summed E-state index contributed by atoms with van der Waals surface area (Å²) >= 11 is 0. The van der Waals surface area contributed by atoms with Crippen molar-refractivity contribution < 1.29 is 21.5 Å². The standard InChI is InChI=1S/C14H16N.BrH/c1-3-4-11-15-12(2)9-10-13-7-5-6-8-14(13)15;/h3-10H,11H2,1-2H3;1H/q+1;/p-1/b4-3+;. The molecule has 0 atom stereocenters. The molecule has 1 aromatic carbocycles. The van der Waals surface area contributed by atoms with Gasteiger partial charge < -0.3 is 17.0 Å². The number of aromatic nitrogens is 1. The number of halogens is 1. The van der Waals surface area contributed by atoms with Crippen molar-refractivity contribution in [1.29, 1.82) is 0 Å². The topological polar surface area (TPSA) is 3.88 Å². The maximum absolute atomic E-state index is 2.33. The summed E-state index contributed by atoms with van der Waals surface area (Å²) in [6.45, 7) is 5.15. The number of hydrogen-bond donors (Lipinski definition) is 0. The first kappa shape index (κ1) is 12.9. The van der Waals surface area contributed by atoms with E-state index in [1.807, 2.05) is 0 Å². The van der Waals surface area contributed by atoms with Crippen molar-refractivity contribution in [3.05, 3.63) is 54.2 Å². The Morgan fingerprint density at radius 1 is 1.12 bits per heavy atom. The van der Waals surface area contributed by atoms with E-state index in [9.17, 15) is 0 Å². The Morgan fingerprint density at radius 3 is 2.62 bits per heavy atom. The molecule has 16 heavy (non-hydrogen) atoms. The van der Waals surface area contributed by atoms with Gasteiger partial charge in [-0.1, -0.05) is 18.2 Å². The maximum atomic E-state index is 2.33. The fourth-order valence-electron chi connectivity index (χ4n) is 1.82. The predicted molar refractivity (Wildman–Crippen MR) is 63.7 cm³/mol. The maximum Gasteiger partial charge on any atom is 0.212 e. The Bertz CT molecular complexity index is 503. The fraction of sp³-hybridized carbons (Fsp3) is 0.214. The number of fused-ring (bicyclic) bond motifs is 1. The van der Waals surface area contributed by atoms with E-state index in [-0.39, 0.29) is 17.0 Å². The number of allylic oxidation sites excluding steroid dienone is 2. The van der Waals surface area contributed by atoms with Crippen LogP contribution in [0, 0.1) is 6.92 Å². The SMILES string of the molecule is C/C=C/C[n+]1c(C)ccc2ccccc21.[Br-]. The molecule has 0 amide bonds. The quantitative estimate of drug-likeness (QED) is 0.538. The van der Waals surface area contributed by atoms with Gasteiger partial charge in [0, 0.05) is 24.4 Å². The average molecular weight is 278 g/mol. The molecule has 84 valence electrons. The number of para-hydroxylation sites is 1. The summed E-state index contributed by atoms with van der Waals surface area (Å²) < 4.78 is 2.33. The van der Waals surface area contributed by atoms with Crippen molar-refractivity contribution in [1.82, 2.24) is 0 Å². The van der Waals surface area contributed by atoms with Crippen LogP contribution in [0.2, 0.25) is 0 Å². The first-order valence-corrected chi connectivity index (χ1v) is 5.32. The summed E-state index contributed by atoms with van der Waals surface area (Å²) in [5.74, 6) is 0. The minimum Gasteiger partial charge on any atom is -1.00 e. The molecule has 0 saturated heterocycles. The molecule has 2 rings (SSSR count). The summed E-state index contributed by atoms with van der Waals surface area (Å²) in [6.07, 6.45) is 4.27. The Hall–Kier alpha value is -1.15. The van der Waals surface area contributed by atoms with Gasteiger partial charge in [0.25, 0.3) is 0 Å². The van der Waals surface area contributed by atoms with Crippen LogP contribution < -0.4 is 21.5 Å². The van der Waals surface area contributed by atoms with Crippen LogP contribution in [-0.2, 0) is 6.54 Å². The summed E-state index contributed by atoms with van der Waals surface area (Å²) in [5, 5.41) is 1.30. The zero-order valence-corrected chi connectivity index (χ0v) is 11.2. The van der Waals surface area contributed by atoms with Crippen molar-refractivity contribution >= 4 is 10.9 Å². The first-order chi connectivity index (χ1) is 7.33. The third-order valence-corrected chi connectivity index (χ3v) is 2.68. The average Bonchev–Trinajstić information content (AvgIpc) is 2.28. The van der Waals surface area contributed by atoms with E-state index in [0.29, 0.717) is 0 Å². The predicted octanol–water partition coefficient (Wildman–Crippen LogP) is 0.0158. The fourth-order valence-corrected chi connectivity index (χ4v) is 1.82. The van der Waals surface area contributed by atoms with Crippen LogP contribution in [0.15, 0.2) is 48.6 Å². The Morgan fingerprint density at radius 2 is 1.88 bits per heavy atom. The number of rotatable bonds is 2. The monoisotopic (exact) mass is 277 g/mol. The zero-order valence-electron chi connectivity index (χ0n) is 9.65. The van der Waals surface area contributed by atoms with Gasteiger partial charge in [-0.05, 0) is 25.1 Å². The van der Waals surface area contributed by atoms with Gasteiger partial charge >= 0.3 is 0 Å². The Labute approximate surface area is 107 Å². The van der Waals surface area contributed by atoms with Crippen LogP contribution in [0.5, 0.6) is 0 Å². The van der Waals surface area contributed by atoms with E-state index in [1.165, 1.54) is 16.6 Å². The molecule has 0 N–H and O–H groups in total. The second kappa shape index (κ2) is 5.80. The van der Waals surface area contributed by atoms with Gasteiger partial charge in [0.15, 0.2) is 12.2 Å². The van der Waals surface area contributed by atoms with Gasteiger partial charge in [-0.25, -0.2) is 0 Å². The Kier molecular flexibility index (Phi) is 4.69. The molecule has 0 bridgehead atoms. The van der Waals surface area contributed by atoms with Crippen LogP contribution in [0.1, 0.15) is 12.6 Å². The molecule has 1 aromatic heterocycles. The highest BCUT2D eigenvalue weighted by Gasteiger charge is 2.09. The van der Waals surface area contributed by atoms with Gasteiger partial charge in [-0.15, -0.1) is 0 Å². The lowest BCUT2D eigenvalue weighted by Crippen LogP contribution is -3.00. The van der Waals surface area contributed by atoms with E-state index < -0.39 is 0 Å². The zero-order chi connectivity index (χ0) is 10.7. The number of benzene rings is 1. The summed E-state index contributed by atoms with van der Waals surface area (Å²) in [5.41, 5.74) is 2.60. The van der Waals surface area contributed by atoms with E-state index in [4.69, 9.17) is 0 Å². The molecule has 0 spiro atoms. The lowest BCUT2D eigenvalue weighted by molar-refractivity contribution is -0.667. The highest BCUT2D eigenvalue weighted by molar-refractivity contribution is 5.75. The smallest absolute Gasteiger partial charge is 0.212 e. The van der Waals surface area contributed by atoms with Gasteiger partial charge in [0.2, 0.25) is 5.52 Å². The molecule has 0 aliphatic rings. The third-order valence-electron chi connectivity index (χ3n) is 2.68. The van der Waals surface area contributed by atoms with Gasteiger partial charge in [0.05, 0.1) is 0 Å². The third kappa shape index (κ3) is 2.50. The highest BCUT2D eigenvalue weighted by Crippen LogP contribution is 2.09. The molecule has 2 aromatic rings. The summed E-state index contributed by atoms with van der Waals surface area (Å²) in [4.78, 5) is 0. The molecule has 1 heterocycles. The normalized spacial score (nSPS) is 10.6. The van der Waals surface area contributed by atoms with Crippen LogP contribution in [0.25, 0.3) is 10.9 Å². The van der Waals surface area contributed by atoms with Crippen molar-refractivity contribution in [3.63, 3.8) is 0 Å². The van der Waals surface area contributed by atoms with Gasteiger partial charge in [-0.2, -0.15) is 4.57 Å². The van der Waals surface area contributed by atoms with Crippen molar-refractivity contribution in [2.45, 2.75) is 20.4 Å². The van der Waals surface area contributed by atoms with E-state index in [1.54, 1.807) is 0 Å². The summed E-state index contributed by atoms with van der Waals surface area (Å²) in [6, 6.07) is 12.8. The van der Waals surface area contributed by atoms with Crippen LogP contribution in [0.3, 0.4) is 0 Å². The lowest BCUT2D eigenvalue weighted by Gasteiger charge is -2.01. The number of hydrogen-bond acceptors (Lipinski definition) is 0. The van der Waals surface area contributed by atoms with E-state index >= 15 is 0 Å². The number of aryl methyl sites for hydroxylation is 1. The molecule has 0 saturated carbocycles. The second-order valence-corrected chi connectivity index (χ2v) is 3.71. The van der Waals surface area contributed by atoms with E-state index in [0.717, 1.165) is 6.54 Å². The molecule has 0 radical (unpaired) electrons. The molecular weight excluding hydrogens is 262 g/mol. The molecule has 0 aliphatic carbocycles. The molecule has 2 heteroatoms. The molecule has 1 nitrogen and oxygen atoms in total. The van der Waals surface area contributed by atoms with Gasteiger partial charge in [-0.3, -0.25) is 0 Å². The van der Waals surface area contributed by atoms with Crippen molar-refractivity contribution in [2.24, 2.45) is 0 Å². The lowest BCUT2D eigenvalue weighted by atomic mass is 10.2. The first-order valence-electron chi connectivity index (χ1n) is 5.32. The Balaban J connectivity index is 0.00000128.